The average Bonchev–Trinajstić information content (AvgIpc) is 2.11. The van der Waals surface area contributed by atoms with E-state index in [1.807, 2.05) is 7.11 Å². The van der Waals surface area contributed by atoms with Crippen LogP contribution in [-0.4, -0.2) is 26.4 Å². The fourth-order valence-electron chi connectivity index (χ4n) is 2.31. The molecular weight excluding hydrogens is 176 g/mol. The molecular formula is C12H26O2. The second-order valence-corrected chi connectivity index (χ2v) is 4.56. The Morgan fingerprint density at radius 3 is 1.79 bits per heavy atom. The first-order chi connectivity index (χ1) is 6.51. The molecule has 0 fully saturated rings. The molecule has 14 heavy (non-hydrogen) atoms. The van der Waals surface area contributed by atoms with Gasteiger partial charge in [-0.05, 0) is 24.7 Å². The molecule has 0 aliphatic carbocycles. The first kappa shape index (κ1) is 13.9. The van der Waals surface area contributed by atoms with Crippen molar-refractivity contribution in [2.45, 2.75) is 46.1 Å². The summed E-state index contributed by atoms with van der Waals surface area (Å²) in [6, 6.07) is 0. The summed E-state index contributed by atoms with van der Waals surface area (Å²) in [7, 11) is 3.58. The van der Waals surface area contributed by atoms with E-state index in [1.165, 1.54) is 0 Å². The molecule has 0 saturated heterocycles. The summed E-state index contributed by atoms with van der Waals surface area (Å²) in [5.41, 5.74) is 0.0124. The van der Waals surface area contributed by atoms with Gasteiger partial charge in [-0.3, -0.25) is 0 Å². The third-order valence-corrected chi connectivity index (χ3v) is 3.25. The Morgan fingerprint density at radius 1 is 1.00 bits per heavy atom. The lowest BCUT2D eigenvalue weighted by atomic mass is 9.77. The highest BCUT2D eigenvalue weighted by atomic mass is 16.5. The van der Waals surface area contributed by atoms with Gasteiger partial charge in [-0.15, -0.1) is 0 Å². The monoisotopic (exact) mass is 202 g/mol. The molecule has 86 valence electrons. The Morgan fingerprint density at radius 2 is 1.50 bits per heavy atom. The second-order valence-electron chi connectivity index (χ2n) is 4.56. The van der Waals surface area contributed by atoms with Crippen LogP contribution in [0.5, 0.6) is 0 Å². The van der Waals surface area contributed by atoms with Crippen molar-refractivity contribution >= 4 is 0 Å². The summed E-state index contributed by atoms with van der Waals surface area (Å²) in [6.45, 7) is 9.75. The summed E-state index contributed by atoms with van der Waals surface area (Å²) in [5, 5.41) is 0. The normalized spacial score (nSPS) is 12.9. The molecule has 2 nitrogen and oxygen atoms in total. The highest BCUT2D eigenvalue weighted by Crippen LogP contribution is 2.34. The molecule has 0 heterocycles. The van der Waals surface area contributed by atoms with Crippen LogP contribution >= 0.6 is 0 Å². The first-order valence-corrected chi connectivity index (χ1v) is 5.55. The Labute approximate surface area is 89.0 Å². The Bertz CT molecular complexity index is 133. The summed E-state index contributed by atoms with van der Waals surface area (Å²) >= 11 is 0. The van der Waals surface area contributed by atoms with Crippen molar-refractivity contribution in [3.05, 3.63) is 0 Å². The van der Waals surface area contributed by atoms with E-state index < -0.39 is 0 Å². The Balaban J connectivity index is 4.35. The smallest absolute Gasteiger partial charge is 0.0725 e. The summed E-state index contributed by atoms with van der Waals surface area (Å²) in [5.74, 6) is 1.09. The molecule has 0 radical (unpaired) electrons. The van der Waals surface area contributed by atoms with Gasteiger partial charge in [0.15, 0.2) is 0 Å². The maximum atomic E-state index is 5.75. The molecule has 0 amide bonds. The maximum Gasteiger partial charge on any atom is 0.0725 e. The molecule has 0 aromatic carbocycles. The number of rotatable bonds is 7. The third kappa shape index (κ3) is 3.25. The van der Waals surface area contributed by atoms with Gasteiger partial charge < -0.3 is 9.47 Å². The van der Waals surface area contributed by atoms with E-state index in [9.17, 15) is 0 Å². The van der Waals surface area contributed by atoms with E-state index in [0.29, 0.717) is 11.8 Å². The number of methoxy groups -OCH3 is 2. The highest BCUT2D eigenvalue weighted by molar-refractivity contribution is 4.86. The van der Waals surface area contributed by atoms with E-state index in [2.05, 4.69) is 27.7 Å². The largest absolute Gasteiger partial charge is 0.385 e. The minimum Gasteiger partial charge on any atom is -0.385 e. The zero-order chi connectivity index (χ0) is 11.2. The van der Waals surface area contributed by atoms with Crippen molar-refractivity contribution in [2.24, 2.45) is 11.8 Å². The van der Waals surface area contributed by atoms with Gasteiger partial charge >= 0.3 is 0 Å². The summed E-state index contributed by atoms with van der Waals surface area (Å²) in [6.07, 6.45) is 2.15. The van der Waals surface area contributed by atoms with Crippen LogP contribution in [0.1, 0.15) is 40.5 Å². The average molecular weight is 202 g/mol. The molecule has 0 unspecified atom stereocenters. The molecule has 0 N–H and O–H groups in total. The van der Waals surface area contributed by atoms with E-state index in [4.69, 9.17) is 9.47 Å². The summed E-state index contributed by atoms with van der Waals surface area (Å²) < 4.78 is 10.8. The predicted molar refractivity (Wildman–Crippen MR) is 60.5 cm³/mol. The van der Waals surface area contributed by atoms with Gasteiger partial charge in [0.05, 0.1) is 5.60 Å². The topological polar surface area (TPSA) is 18.5 Å². The number of ether oxygens (including phenoxy) is 2. The SMILES string of the molecule is COCCCC(OC)(C(C)C)C(C)C. The van der Waals surface area contributed by atoms with E-state index in [1.54, 1.807) is 7.11 Å². The van der Waals surface area contributed by atoms with Crippen LogP contribution in [0, 0.1) is 11.8 Å². The van der Waals surface area contributed by atoms with Crippen molar-refractivity contribution in [1.82, 2.24) is 0 Å². The van der Waals surface area contributed by atoms with Gasteiger partial charge in [0.25, 0.3) is 0 Å². The van der Waals surface area contributed by atoms with E-state index in [-0.39, 0.29) is 5.60 Å². The summed E-state index contributed by atoms with van der Waals surface area (Å²) in [4.78, 5) is 0. The first-order valence-electron chi connectivity index (χ1n) is 5.55. The van der Waals surface area contributed by atoms with Gasteiger partial charge in [-0.2, -0.15) is 0 Å². The van der Waals surface area contributed by atoms with Crippen molar-refractivity contribution in [2.75, 3.05) is 20.8 Å². The molecule has 0 aromatic rings. The maximum absolute atomic E-state index is 5.75. The number of hydrogen-bond donors (Lipinski definition) is 0. The fraction of sp³-hybridized carbons (Fsp3) is 1.00. The molecule has 0 bridgehead atoms. The van der Waals surface area contributed by atoms with Crippen molar-refractivity contribution < 1.29 is 9.47 Å². The van der Waals surface area contributed by atoms with Crippen LogP contribution in [0.15, 0.2) is 0 Å². The second kappa shape index (κ2) is 6.41. The molecule has 0 atom stereocenters. The van der Waals surface area contributed by atoms with Gasteiger partial charge in [-0.1, -0.05) is 27.7 Å². The lowest BCUT2D eigenvalue weighted by Gasteiger charge is -2.40. The van der Waals surface area contributed by atoms with Gasteiger partial charge in [0.2, 0.25) is 0 Å². The van der Waals surface area contributed by atoms with Crippen LogP contribution in [0.3, 0.4) is 0 Å². The van der Waals surface area contributed by atoms with Gasteiger partial charge in [0.1, 0.15) is 0 Å². The molecule has 0 aliphatic rings. The van der Waals surface area contributed by atoms with Crippen molar-refractivity contribution in [1.29, 1.82) is 0 Å². The third-order valence-electron chi connectivity index (χ3n) is 3.25. The zero-order valence-corrected chi connectivity index (χ0v) is 10.6. The van der Waals surface area contributed by atoms with Crippen LogP contribution in [-0.2, 0) is 9.47 Å². The quantitative estimate of drug-likeness (QED) is 0.591. The standard InChI is InChI=1S/C12H26O2/c1-10(2)12(14-6,11(3)4)8-7-9-13-5/h10-11H,7-9H2,1-6H3. The van der Waals surface area contributed by atoms with Crippen LogP contribution < -0.4 is 0 Å². The van der Waals surface area contributed by atoms with Crippen molar-refractivity contribution in [3.63, 3.8) is 0 Å². The highest BCUT2D eigenvalue weighted by Gasteiger charge is 2.36. The van der Waals surface area contributed by atoms with E-state index in [0.717, 1.165) is 19.4 Å². The van der Waals surface area contributed by atoms with E-state index >= 15 is 0 Å². The van der Waals surface area contributed by atoms with Crippen LogP contribution in [0.25, 0.3) is 0 Å². The Kier molecular flexibility index (Phi) is 6.38. The molecule has 0 rings (SSSR count). The lowest BCUT2D eigenvalue weighted by molar-refractivity contribution is -0.0926. The minimum atomic E-state index is 0.0124. The fourth-order valence-corrected chi connectivity index (χ4v) is 2.31. The van der Waals surface area contributed by atoms with Gasteiger partial charge in [0, 0.05) is 20.8 Å². The van der Waals surface area contributed by atoms with Crippen LogP contribution in [0.4, 0.5) is 0 Å². The number of hydrogen-bond acceptors (Lipinski definition) is 2. The zero-order valence-electron chi connectivity index (χ0n) is 10.6. The lowest BCUT2D eigenvalue weighted by Crippen LogP contribution is -2.43. The van der Waals surface area contributed by atoms with Crippen LogP contribution in [0.2, 0.25) is 0 Å². The molecule has 0 saturated carbocycles. The molecule has 2 heteroatoms. The Hall–Kier alpha value is -0.0800. The van der Waals surface area contributed by atoms with Crippen molar-refractivity contribution in [3.8, 4) is 0 Å². The molecule has 0 aromatic heterocycles. The molecule has 0 spiro atoms. The predicted octanol–water partition coefficient (Wildman–Crippen LogP) is 3.11. The minimum absolute atomic E-state index is 0.0124. The molecule has 0 aliphatic heterocycles. The van der Waals surface area contributed by atoms with Gasteiger partial charge in [-0.25, -0.2) is 0 Å².